The second kappa shape index (κ2) is 7.54. The topological polar surface area (TPSA) is 90.5 Å². The molecule has 1 aliphatic carbocycles. The third-order valence-electron chi connectivity index (χ3n) is 7.16. The molecule has 2 bridgehead atoms. The van der Waals surface area contributed by atoms with Gasteiger partial charge in [0.05, 0.1) is 0 Å². The fraction of sp³-hybridized carbons (Fsp3) is 0.591. The Balaban J connectivity index is 1.21. The van der Waals surface area contributed by atoms with E-state index in [4.69, 9.17) is 0 Å². The summed E-state index contributed by atoms with van der Waals surface area (Å²) >= 11 is 0. The molecule has 3 heterocycles. The molecule has 4 atom stereocenters. The summed E-state index contributed by atoms with van der Waals surface area (Å²) in [4.78, 5) is 38.1. The first-order valence-electron chi connectivity index (χ1n) is 10.8. The van der Waals surface area contributed by atoms with Gasteiger partial charge in [-0.05, 0) is 54.8 Å². The maximum Gasteiger partial charge on any atom is 0.255 e. The van der Waals surface area contributed by atoms with Crippen LogP contribution in [-0.2, 0) is 22.7 Å². The lowest BCUT2D eigenvalue weighted by molar-refractivity contribution is -0.136. The molecule has 3 aliphatic heterocycles. The predicted molar refractivity (Wildman–Crippen MR) is 107 cm³/mol. The molecule has 1 aromatic carbocycles. The third kappa shape index (κ3) is 3.46. The summed E-state index contributed by atoms with van der Waals surface area (Å²) in [5.74, 6) is 0.781. The standard InChI is InChI=1S/C22H28N4O3/c27-20-7-6-19(21(28)25-20)26-12-15-5-4-13(8-16(15)22(26)29)9-23-11-17-14-2-1-3-18(17)24-10-14/h4-5,8,14,17-19,23-24H,1-3,6-7,9-12H2,(H,25,27,28). The Morgan fingerprint density at radius 2 is 2.03 bits per heavy atom. The average molecular weight is 396 g/mol. The number of benzene rings is 1. The Kier molecular flexibility index (Phi) is 4.87. The van der Waals surface area contributed by atoms with Crippen LogP contribution in [0.2, 0.25) is 0 Å². The number of hydrogen-bond donors (Lipinski definition) is 3. The Labute approximate surface area is 170 Å². The van der Waals surface area contributed by atoms with Crippen molar-refractivity contribution in [2.45, 2.75) is 57.3 Å². The highest BCUT2D eigenvalue weighted by Gasteiger charge is 2.39. The van der Waals surface area contributed by atoms with E-state index >= 15 is 0 Å². The maximum absolute atomic E-state index is 12.9. The molecule has 0 spiro atoms. The van der Waals surface area contributed by atoms with Crippen LogP contribution in [0.15, 0.2) is 18.2 Å². The van der Waals surface area contributed by atoms with E-state index in [0.717, 1.165) is 36.7 Å². The van der Waals surface area contributed by atoms with Gasteiger partial charge in [0.2, 0.25) is 11.8 Å². The largest absolute Gasteiger partial charge is 0.322 e. The smallest absolute Gasteiger partial charge is 0.255 e. The molecular weight excluding hydrogens is 368 g/mol. The number of hydrogen-bond acceptors (Lipinski definition) is 5. The Bertz CT molecular complexity index is 838. The van der Waals surface area contributed by atoms with E-state index in [-0.39, 0.29) is 24.1 Å². The SMILES string of the molecule is O=C1CCC(N2Cc3ccc(CNCC4C5CCCC4NC5)cc3C2=O)C(=O)N1. The Hall–Kier alpha value is -2.25. The van der Waals surface area contributed by atoms with E-state index < -0.39 is 6.04 Å². The number of amides is 3. The lowest BCUT2D eigenvalue weighted by Gasteiger charge is -2.29. The van der Waals surface area contributed by atoms with E-state index in [1.807, 2.05) is 12.1 Å². The monoisotopic (exact) mass is 396 g/mol. The second-order valence-corrected chi connectivity index (χ2v) is 8.89. The van der Waals surface area contributed by atoms with Crippen molar-refractivity contribution in [1.29, 1.82) is 0 Å². The summed E-state index contributed by atoms with van der Waals surface area (Å²) in [6.07, 6.45) is 4.64. The van der Waals surface area contributed by atoms with Crippen LogP contribution in [0.4, 0.5) is 0 Å². The Morgan fingerprint density at radius 1 is 1.14 bits per heavy atom. The first-order chi connectivity index (χ1) is 14.1. The summed E-state index contributed by atoms with van der Waals surface area (Å²) in [7, 11) is 0. The van der Waals surface area contributed by atoms with Crippen LogP contribution in [-0.4, -0.2) is 47.8 Å². The molecule has 154 valence electrons. The quantitative estimate of drug-likeness (QED) is 0.644. The van der Waals surface area contributed by atoms with Gasteiger partial charge in [0.15, 0.2) is 0 Å². The van der Waals surface area contributed by atoms with Crippen molar-refractivity contribution in [2.24, 2.45) is 11.8 Å². The molecule has 4 unspecified atom stereocenters. The van der Waals surface area contributed by atoms with Crippen molar-refractivity contribution in [3.8, 4) is 0 Å². The lowest BCUT2D eigenvalue weighted by Crippen LogP contribution is -2.52. The minimum atomic E-state index is -0.552. The maximum atomic E-state index is 12.9. The molecule has 5 rings (SSSR count). The minimum Gasteiger partial charge on any atom is -0.322 e. The van der Waals surface area contributed by atoms with Crippen LogP contribution >= 0.6 is 0 Å². The summed E-state index contributed by atoms with van der Waals surface area (Å²) in [6.45, 7) is 3.34. The summed E-state index contributed by atoms with van der Waals surface area (Å²) in [5, 5.41) is 9.60. The van der Waals surface area contributed by atoms with Gasteiger partial charge < -0.3 is 15.5 Å². The average Bonchev–Trinajstić information content (AvgIpc) is 3.13. The van der Waals surface area contributed by atoms with Crippen LogP contribution in [0.1, 0.15) is 53.6 Å². The van der Waals surface area contributed by atoms with Gasteiger partial charge >= 0.3 is 0 Å². The molecule has 7 nitrogen and oxygen atoms in total. The third-order valence-corrected chi connectivity index (χ3v) is 7.16. The minimum absolute atomic E-state index is 0.106. The highest BCUT2D eigenvalue weighted by atomic mass is 16.2. The molecule has 3 N–H and O–H groups in total. The highest BCUT2D eigenvalue weighted by Crippen LogP contribution is 2.34. The molecule has 0 radical (unpaired) electrons. The highest BCUT2D eigenvalue weighted by molar-refractivity contribution is 6.05. The fourth-order valence-corrected chi connectivity index (χ4v) is 5.57. The van der Waals surface area contributed by atoms with Crippen LogP contribution in [0.25, 0.3) is 0 Å². The number of piperidine rings is 1. The van der Waals surface area contributed by atoms with Crippen LogP contribution < -0.4 is 16.0 Å². The molecule has 4 aliphatic rings. The first kappa shape index (κ1) is 18.8. The van der Waals surface area contributed by atoms with Crippen molar-refractivity contribution in [3.63, 3.8) is 0 Å². The molecular formula is C22H28N4O3. The van der Waals surface area contributed by atoms with Gasteiger partial charge in [-0.1, -0.05) is 18.6 Å². The Morgan fingerprint density at radius 3 is 2.86 bits per heavy atom. The van der Waals surface area contributed by atoms with Crippen LogP contribution in [0.5, 0.6) is 0 Å². The first-order valence-corrected chi connectivity index (χ1v) is 10.8. The molecule has 3 fully saturated rings. The number of imide groups is 1. The predicted octanol–water partition coefficient (Wildman–Crippen LogP) is 0.925. The zero-order valence-corrected chi connectivity index (χ0v) is 16.6. The van der Waals surface area contributed by atoms with Gasteiger partial charge in [-0.25, -0.2) is 0 Å². The van der Waals surface area contributed by atoms with Gasteiger partial charge in [0.25, 0.3) is 5.91 Å². The number of fused-ring (bicyclic) bond motifs is 3. The summed E-state index contributed by atoms with van der Waals surface area (Å²) in [6, 6.07) is 6.14. The van der Waals surface area contributed by atoms with E-state index in [2.05, 4.69) is 22.0 Å². The van der Waals surface area contributed by atoms with E-state index in [9.17, 15) is 14.4 Å². The van der Waals surface area contributed by atoms with Gasteiger partial charge in [-0.15, -0.1) is 0 Å². The zero-order chi connectivity index (χ0) is 20.0. The molecule has 7 heteroatoms. The zero-order valence-electron chi connectivity index (χ0n) is 16.6. The van der Waals surface area contributed by atoms with E-state index in [0.29, 0.717) is 30.5 Å². The van der Waals surface area contributed by atoms with Crippen LogP contribution in [0.3, 0.4) is 0 Å². The van der Waals surface area contributed by atoms with Gasteiger partial charge in [0, 0.05) is 37.7 Å². The molecule has 3 amide bonds. The van der Waals surface area contributed by atoms with Crippen LogP contribution in [0, 0.1) is 11.8 Å². The number of carbonyl (C=O) groups excluding carboxylic acids is 3. The fourth-order valence-electron chi connectivity index (χ4n) is 5.57. The van der Waals surface area contributed by atoms with Gasteiger partial charge in [-0.2, -0.15) is 0 Å². The normalized spacial score (nSPS) is 31.2. The molecule has 0 aromatic heterocycles. The van der Waals surface area contributed by atoms with Crippen molar-refractivity contribution in [2.75, 3.05) is 13.1 Å². The molecule has 1 aromatic rings. The van der Waals surface area contributed by atoms with E-state index in [1.54, 1.807) is 4.90 Å². The van der Waals surface area contributed by atoms with E-state index in [1.165, 1.54) is 19.3 Å². The van der Waals surface area contributed by atoms with Crippen molar-refractivity contribution >= 4 is 17.7 Å². The number of nitrogens with one attached hydrogen (secondary N) is 3. The summed E-state index contributed by atoms with van der Waals surface area (Å²) in [5.41, 5.74) is 2.74. The molecule has 2 saturated heterocycles. The second-order valence-electron chi connectivity index (χ2n) is 8.89. The number of carbonyl (C=O) groups is 3. The number of nitrogens with zero attached hydrogens (tertiary/aromatic N) is 1. The molecule has 1 saturated carbocycles. The van der Waals surface area contributed by atoms with Gasteiger partial charge in [0.1, 0.15) is 6.04 Å². The van der Waals surface area contributed by atoms with Crippen molar-refractivity contribution in [3.05, 3.63) is 34.9 Å². The van der Waals surface area contributed by atoms with Gasteiger partial charge in [-0.3, -0.25) is 19.7 Å². The summed E-state index contributed by atoms with van der Waals surface area (Å²) < 4.78 is 0. The number of rotatable bonds is 5. The lowest BCUT2D eigenvalue weighted by atomic mass is 9.80. The molecule has 29 heavy (non-hydrogen) atoms. The van der Waals surface area contributed by atoms with Crippen molar-refractivity contribution < 1.29 is 14.4 Å². The van der Waals surface area contributed by atoms with Crippen molar-refractivity contribution in [1.82, 2.24) is 20.9 Å².